The number of aryl methyl sites for hydroxylation is 1. The van der Waals surface area contributed by atoms with Crippen LogP contribution in [0.5, 0.6) is 11.5 Å². The number of nitrogens with zero attached hydrogens (tertiary/aromatic N) is 3. The molecule has 142 valence electrons. The standard InChI is InChI=1S/C21H20N4O3/c1-14-10-17(20(26)25(2)16-6-4-3-5-7-16)24-21(23-14)22-12-15-8-9-18-19(11-15)28-13-27-18/h3-11H,12-13H2,1-2H3,(H,22,23,24). The molecule has 0 aliphatic carbocycles. The minimum Gasteiger partial charge on any atom is -0.454 e. The van der Waals surface area contributed by atoms with E-state index in [0.29, 0.717) is 23.9 Å². The Hall–Kier alpha value is -3.61. The number of para-hydroxylation sites is 1. The topological polar surface area (TPSA) is 76.6 Å². The maximum absolute atomic E-state index is 12.8. The van der Waals surface area contributed by atoms with Gasteiger partial charge in [-0.1, -0.05) is 24.3 Å². The first-order valence-corrected chi connectivity index (χ1v) is 8.91. The summed E-state index contributed by atoms with van der Waals surface area (Å²) in [6, 6.07) is 16.9. The van der Waals surface area contributed by atoms with E-state index in [1.54, 1.807) is 18.0 Å². The SMILES string of the molecule is Cc1cc(C(=O)N(C)c2ccccc2)nc(NCc2ccc3c(c2)OCO3)n1. The molecule has 4 rings (SSSR count). The summed E-state index contributed by atoms with van der Waals surface area (Å²) >= 11 is 0. The molecule has 0 saturated carbocycles. The summed E-state index contributed by atoms with van der Waals surface area (Å²) in [5, 5.41) is 3.18. The van der Waals surface area contributed by atoms with Gasteiger partial charge in [-0.2, -0.15) is 0 Å². The van der Waals surface area contributed by atoms with Gasteiger partial charge < -0.3 is 19.7 Å². The number of hydrogen-bond acceptors (Lipinski definition) is 6. The van der Waals surface area contributed by atoms with Crippen molar-refractivity contribution in [2.75, 3.05) is 24.1 Å². The molecule has 0 saturated heterocycles. The molecule has 7 heteroatoms. The lowest BCUT2D eigenvalue weighted by molar-refractivity contribution is 0.0988. The second-order valence-corrected chi connectivity index (χ2v) is 6.46. The number of aromatic nitrogens is 2. The number of carbonyl (C=O) groups is 1. The zero-order chi connectivity index (χ0) is 19.5. The van der Waals surface area contributed by atoms with Gasteiger partial charge in [-0.3, -0.25) is 4.79 Å². The number of carbonyl (C=O) groups excluding carboxylic acids is 1. The van der Waals surface area contributed by atoms with E-state index in [-0.39, 0.29) is 12.7 Å². The smallest absolute Gasteiger partial charge is 0.276 e. The average Bonchev–Trinajstić information content (AvgIpc) is 3.19. The number of fused-ring (bicyclic) bond motifs is 1. The highest BCUT2D eigenvalue weighted by molar-refractivity contribution is 6.04. The van der Waals surface area contributed by atoms with Crippen molar-refractivity contribution in [1.29, 1.82) is 0 Å². The van der Waals surface area contributed by atoms with Crippen molar-refractivity contribution < 1.29 is 14.3 Å². The Morgan fingerprint density at radius 2 is 1.86 bits per heavy atom. The lowest BCUT2D eigenvalue weighted by atomic mass is 10.2. The van der Waals surface area contributed by atoms with Crippen LogP contribution in [0.3, 0.4) is 0 Å². The molecule has 0 radical (unpaired) electrons. The third-order valence-corrected chi connectivity index (χ3v) is 4.41. The van der Waals surface area contributed by atoms with Crippen LogP contribution in [0.4, 0.5) is 11.6 Å². The first-order chi connectivity index (χ1) is 13.6. The van der Waals surface area contributed by atoms with Crippen LogP contribution < -0.4 is 19.7 Å². The third kappa shape index (κ3) is 3.73. The van der Waals surface area contributed by atoms with Crippen molar-refractivity contribution in [1.82, 2.24) is 9.97 Å². The fourth-order valence-corrected chi connectivity index (χ4v) is 2.93. The van der Waals surface area contributed by atoms with Gasteiger partial charge >= 0.3 is 0 Å². The Morgan fingerprint density at radius 3 is 2.68 bits per heavy atom. The highest BCUT2D eigenvalue weighted by Gasteiger charge is 2.17. The van der Waals surface area contributed by atoms with Crippen LogP contribution in [0, 0.1) is 6.92 Å². The van der Waals surface area contributed by atoms with Crippen LogP contribution in [0.15, 0.2) is 54.6 Å². The number of amides is 1. The minimum absolute atomic E-state index is 0.192. The Balaban J connectivity index is 1.50. The number of rotatable bonds is 5. The molecular formula is C21H20N4O3. The van der Waals surface area contributed by atoms with Gasteiger partial charge in [0, 0.05) is 25.0 Å². The normalized spacial score (nSPS) is 11.9. The number of anilines is 2. The van der Waals surface area contributed by atoms with Crippen LogP contribution in [0.1, 0.15) is 21.7 Å². The molecule has 1 aliphatic rings. The molecule has 1 aliphatic heterocycles. The van der Waals surface area contributed by atoms with Gasteiger partial charge in [0.1, 0.15) is 5.69 Å². The van der Waals surface area contributed by atoms with Crippen molar-refractivity contribution in [2.24, 2.45) is 0 Å². The van der Waals surface area contributed by atoms with Gasteiger partial charge in [0.15, 0.2) is 11.5 Å². The lowest BCUT2D eigenvalue weighted by Gasteiger charge is -2.17. The number of nitrogens with one attached hydrogen (secondary N) is 1. The van der Waals surface area contributed by atoms with E-state index in [0.717, 1.165) is 22.7 Å². The van der Waals surface area contributed by atoms with Gasteiger partial charge in [-0.15, -0.1) is 0 Å². The van der Waals surface area contributed by atoms with E-state index >= 15 is 0 Å². The first kappa shape index (κ1) is 17.8. The van der Waals surface area contributed by atoms with Gasteiger partial charge in [0.05, 0.1) is 0 Å². The summed E-state index contributed by atoms with van der Waals surface area (Å²) < 4.78 is 10.7. The predicted molar refractivity (Wildman–Crippen MR) is 106 cm³/mol. The molecule has 0 spiro atoms. The zero-order valence-electron chi connectivity index (χ0n) is 15.7. The highest BCUT2D eigenvalue weighted by atomic mass is 16.7. The maximum Gasteiger partial charge on any atom is 0.276 e. The second-order valence-electron chi connectivity index (χ2n) is 6.46. The molecule has 0 unspecified atom stereocenters. The maximum atomic E-state index is 12.8. The van der Waals surface area contributed by atoms with Crippen molar-refractivity contribution in [3.05, 3.63) is 71.5 Å². The largest absolute Gasteiger partial charge is 0.454 e. The molecule has 28 heavy (non-hydrogen) atoms. The molecule has 7 nitrogen and oxygen atoms in total. The number of ether oxygens (including phenoxy) is 2. The monoisotopic (exact) mass is 376 g/mol. The quantitative estimate of drug-likeness (QED) is 0.735. The summed E-state index contributed by atoms with van der Waals surface area (Å²) in [4.78, 5) is 23.2. The van der Waals surface area contributed by atoms with Crippen molar-refractivity contribution >= 4 is 17.5 Å². The third-order valence-electron chi connectivity index (χ3n) is 4.41. The molecule has 3 aromatic rings. The Labute approximate surface area is 163 Å². The van der Waals surface area contributed by atoms with E-state index in [1.165, 1.54) is 0 Å². The van der Waals surface area contributed by atoms with E-state index < -0.39 is 0 Å². The molecule has 0 fully saturated rings. The molecular weight excluding hydrogens is 356 g/mol. The molecule has 0 bridgehead atoms. The molecule has 1 N–H and O–H groups in total. The van der Waals surface area contributed by atoms with Crippen molar-refractivity contribution in [3.8, 4) is 11.5 Å². The van der Waals surface area contributed by atoms with Gasteiger partial charge in [-0.05, 0) is 42.8 Å². The van der Waals surface area contributed by atoms with E-state index in [2.05, 4.69) is 15.3 Å². The van der Waals surface area contributed by atoms with Crippen molar-refractivity contribution in [3.63, 3.8) is 0 Å². The van der Waals surface area contributed by atoms with Crippen molar-refractivity contribution in [2.45, 2.75) is 13.5 Å². The second kappa shape index (κ2) is 7.56. The minimum atomic E-state index is -0.192. The van der Waals surface area contributed by atoms with Crippen LogP contribution >= 0.6 is 0 Å². The molecule has 1 amide bonds. The van der Waals surface area contributed by atoms with Crippen LogP contribution in [0.2, 0.25) is 0 Å². The van der Waals surface area contributed by atoms with E-state index in [9.17, 15) is 4.79 Å². The highest BCUT2D eigenvalue weighted by Crippen LogP contribution is 2.32. The summed E-state index contributed by atoms with van der Waals surface area (Å²) in [6.07, 6.45) is 0. The van der Waals surface area contributed by atoms with Crippen LogP contribution in [-0.4, -0.2) is 29.7 Å². The lowest BCUT2D eigenvalue weighted by Crippen LogP contribution is -2.27. The van der Waals surface area contributed by atoms with Gasteiger partial charge in [0.25, 0.3) is 5.91 Å². The Kier molecular flexibility index (Phi) is 4.80. The van der Waals surface area contributed by atoms with Crippen LogP contribution in [0.25, 0.3) is 0 Å². The Morgan fingerprint density at radius 1 is 1.07 bits per heavy atom. The number of benzene rings is 2. The molecule has 2 heterocycles. The fraction of sp³-hybridized carbons (Fsp3) is 0.190. The molecule has 0 atom stereocenters. The fourth-order valence-electron chi connectivity index (χ4n) is 2.93. The molecule has 2 aromatic carbocycles. The Bertz CT molecular complexity index is 1010. The summed E-state index contributed by atoms with van der Waals surface area (Å²) in [7, 11) is 1.73. The van der Waals surface area contributed by atoms with Gasteiger partial charge in [0.2, 0.25) is 12.7 Å². The van der Waals surface area contributed by atoms with Gasteiger partial charge in [-0.25, -0.2) is 9.97 Å². The summed E-state index contributed by atoms with van der Waals surface area (Å²) in [5.41, 5.74) is 2.86. The first-order valence-electron chi connectivity index (χ1n) is 8.91. The van der Waals surface area contributed by atoms with E-state index in [1.807, 2.05) is 55.5 Å². The summed E-state index contributed by atoms with van der Waals surface area (Å²) in [5.74, 6) is 1.68. The molecule has 1 aromatic heterocycles. The predicted octanol–water partition coefficient (Wildman–Crippen LogP) is 3.40. The van der Waals surface area contributed by atoms with E-state index in [4.69, 9.17) is 9.47 Å². The summed E-state index contributed by atoms with van der Waals surface area (Å²) in [6.45, 7) is 2.59. The van der Waals surface area contributed by atoms with Crippen LogP contribution in [-0.2, 0) is 6.54 Å². The average molecular weight is 376 g/mol. The number of hydrogen-bond donors (Lipinski definition) is 1. The zero-order valence-corrected chi connectivity index (χ0v) is 15.7.